The molecule has 1 aromatic rings. The number of nitriles is 1. The highest BCUT2D eigenvalue weighted by atomic mass is 19.1. The molecule has 0 aliphatic carbocycles. The van der Waals surface area contributed by atoms with Crippen LogP contribution in [0, 0.1) is 17.1 Å². The second-order valence-corrected chi connectivity index (χ2v) is 4.09. The van der Waals surface area contributed by atoms with Crippen molar-refractivity contribution >= 4 is 5.97 Å². The quantitative estimate of drug-likeness (QED) is 0.868. The van der Waals surface area contributed by atoms with Crippen molar-refractivity contribution in [1.82, 2.24) is 4.90 Å². The fraction of sp³-hybridized carbons (Fsp3) is 0.385. The van der Waals surface area contributed by atoms with Gasteiger partial charge in [-0.1, -0.05) is 13.0 Å². The van der Waals surface area contributed by atoms with Gasteiger partial charge in [0.05, 0.1) is 11.6 Å². The molecule has 18 heavy (non-hydrogen) atoms. The highest BCUT2D eigenvalue weighted by Gasteiger charge is 2.21. The largest absolute Gasteiger partial charge is 0.480 e. The van der Waals surface area contributed by atoms with Crippen molar-refractivity contribution in [3.8, 4) is 6.07 Å². The standard InChI is InChI=1S/C13H15FN2O2/c1-3-12(13(17)18)16(2)8-9-4-5-11(14)6-10(9)7-15/h4-6,12H,3,8H2,1-2H3,(H,17,18). The zero-order chi connectivity index (χ0) is 13.7. The lowest BCUT2D eigenvalue weighted by molar-refractivity contribution is -0.143. The first-order valence-corrected chi connectivity index (χ1v) is 5.61. The third-order valence-corrected chi connectivity index (χ3v) is 2.82. The Labute approximate surface area is 105 Å². The monoisotopic (exact) mass is 250 g/mol. The topological polar surface area (TPSA) is 64.3 Å². The molecule has 0 aromatic heterocycles. The summed E-state index contributed by atoms with van der Waals surface area (Å²) in [6.45, 7) is 2.08. The Morgan fingerprint density at radius 2 is 2.28 bits per heavy atom. The van der Waals surface area contributed by atoms with Crippen molar-refractivity contribution in [3.05, 3.63) is 35.1 Å². The average Bonchev–Trinajstić information content (AvgIpc) is 2.31. The molecule has 4 nitrogen and oxygen atoms in total. The van der Waals surface area contributed by atoms with Gasteiger partial charge in [-0.2, -0.15) is 5.26 Å². The molecule has 0 radical (unpaired) electrons. The average molecular weight is 250 g/mol. The molecule has 1 unspecified atom stereocenters. The zero-order valence-corrected chi connectivity index (χ0v) is 10.4. The van der Waals surface area contributed by atoms with Crippen LogP contribution in [0.1, 0.15) is 24.5 Å². The van der Waals surface area contributed by atoms with Gasteiger partial charge in [0.25, 0.3) is 0 Å². The number of rotatable bonds is 5. The Hall–Kier alpha value is -1.93. The lowest BCUT2D eigenvalue weighted by Crippen LogP contribution is -2.37. The number of nitrogens with zero attached hydrogens (tertiary/aromatic N) is 2. The van der Waals surface area contributed by atoms with Gasteiger partial charge in [-0.15, -0.1) is 0 Å². The summed E-state index contributed by atoms with van der Waals surface area (Å²) in [5.74, 6) is -1.37. The molecule has 0 saturated heterocycles. The molecule has 5 heteroatoms. The first-order valence-electron chi connectivity index (χ1n) is 5.61. The van der Waals surface area contributed by atoms with E-state index in [2.05, 4.69) is 0 Å². The highest BCUT2D eigenvalue weighted by Crippen LogP contribution is 2.14. The number of benzene rings is 1. The first-order chi connectivity index (χ1) is 8.49. The molecule has 1 N–H and O–H groups in total. The van der Waals surface area contributed by atoms with E-state index < -0.39 is 17.8 Å². The predicted octanol–water partition coefficient (Wildman–Crippen LogP) is 1.99. The van der Waals surface area contributed by atoms with Crippen LogP contribution in [0.15, 0.2) is 18.2 Å². The van der Waals surface area contributed by atoms with Gasteiger partial charge >= 0.3 is 5.97 Å². The van der Waals surface area contributed by atoms with Crippen LogP contribution >= 0.6 is 0 Å². The Morgan fingerprint density at radius 3 is 2.78 bits per heavy atom. The van der Waals surface area contributed by atoms with Gasteiger partial charge in [0.1, 0.15) is 11.9 Å². The number of hydrogen-bond acceptors (Lipinski definition) is 3. The second kappa shape index (κ2) is 6.12. The van der Waals surface area contributed by atoms with Gasteiger partial charge in [0, 0.05) is 6.54 Å². The van der Waals surface area contributed by atoms with Gasteiger partial charge in [-0.05, 0) is 31.2 Å². The van der Waals surface area contributed by atoms with Crippen LogP contribution in [0.5, 0.6) is 0 Å². The van der Waals surface area contributed by atoms with Crippen LogP contribution < -0.4 is 0 Å². The van der Waals surface area contributed by atoms with E-state index in [0.717, 1.165) is 6.07 Å². The van der Waals surface area contributed by atoms with Crippen LogP contribution in [-0.2, 0) is 11.3 Å². The second-order valence-electron chi connectivity index (χ2n) is 4.09. The van der Waals surface area contributed by atoms with Gasteiger partial charge in [0.15, 0.2) is 0 Å². The van der Waals surface area contributed by atoms with Gasteiger partial charge in [0.2, 0.25) is 0 Å². The van der Waals surface area contributed by atoms with Crippen molar-refractivity contribution in [2.75, 3.05) is 7.05 Å². The van der Waals surface area contributed by atoms with E-state index in [1.165, 1.54) is 12.1 Å². The van der Waals surface area contributed by atoms with E-state index >= 15 is 0 Å². The normalized spacial score (nSPS) is 12.2. The van der Waals surface area contributed by atoms with Gasteiger partial charge < -0.3 is 5.11 Å². The summed E-state index contributed by atoms with van der Waals surface area (Å²) >= 11 is 0. The Balaban J connectivity index is 2.91. The smallest absolute Gasteiger partial charge is 0.320 e. The number of hydrogen-bond donors (Lipinski definition) is 1. The van der Waals surface area contributed by atoms with E-state index in [0.29, 0.717) is 18.5 Å². The van der Waals surface area contributed by atoms with Crippen molar-refractivity contribution in [2.24, 2.45) is 0 Å². The molecule has 0 spiro atoms. The van der Waals surface area contributed by atoms with Crippen LogP contribution in [0.2, 0.25) is 0 Å². The molecule has 0 aliphatic heterocycles. The molecule has 0 bridgehead atoms. The molecular formula is C13H15FN2O2. The van der Waals surface area contributed by atoms with Crippen molar-refractivity contribution < 1.29 is 14.3 Å². The van der Waals surface area contributed by atoms with Crippen molar-refractivity contribution in [1.29, 1.82) is 5.26 Å². The summed E-state index contributed by atoms with van der Waals surface area (Å²) in [5, 5.41) is 17.9. The summed E-state index contributed by atoms with van der Waals surface area (Å²) in [6.07, 6.45) is 0.467. The first kappa shape index (κ1) is 14.1. The van der Waals surface area contributed by atoms with Crippen molar-refractivity contribution in [2.45, 2.75) is 25.9 Å². The SMILES string of the molecule is CCC(C(=O)O)N(C)Cc1ccc(F)cc1C#N. The van der Waals surface area contributed by atoms with Crippen LogP contribution in [0.4, 0.5) is 4.39 Å². The molecule has 1 rings (SSSR count). The lowest BCUT2D eigenvalue weighted by Gasteiger charge is -2.23. The number of carboxylic acids is 1. The number of likely N-dealkylation sites (N-methyl/N-ethyl adjacent to an activating group) is 1. The minimum Gasteiger partial charge on any atom is -0.480 e. The molecule has 96 valence electrons. The Kier molecular flexibility index (Phi) is 4.81. The van der Waals surface area contributed by atoms with E-state index in [4.69, 9.17) is 10.4 Å². The molecule has 0 amide bonds. The number of aliphatic carboxylic acids is 1. The fourth-order valence-corrected chi connectivity index (χ4v) is 1.84. The molecule has 0 saturated carbocycles. The molecule has 1 atom stereocenters. The summed E-state index contributed by atoms with van der Waals surface area (Å²) in [5.41, 5.74) is 0.864. The van der Waals surface area contributed by atoms with Crippen LogP contribution in [-0.4, -0.2) is 29.1 Å². The van der Waals surface area contributed by atoms with Crippen LogP contribution in [0.3, 0.4) is 0 Å². The maximum atomic E-state index is 13.0. The summed E-state index contributed by atoms with van der Waals surface area (Å²) in [7, 11) is 1.67. The maximum absolute atomic E-state index is 13.0. The molecule has 1 aromatic carbocycles. The molecule has 0 aliphatic rings. The molecular weight excluding hydrogens is 235 g/mol. The molecule has 0 fully saturated rings. The summed E-state index contributed by atoms with van der Waals surface area (Å²) < 4.78 is 13.0. The lowest BCUT2D eigenvalue weighted by atomic mass is 10.1. The highest BCUT2D eigenvalue weighted by molar-refractivity contribution is 5.73. The number of carboxylic acid groups (broad SMARTS) is 1. The van der Waals surface area contributed by atoms with Crippen LogP contribution in [0.25, 0.3) is 0 Å². The minimum absolute atomic E-state index is 0.238. The van der Waals surface area contributed by atoms with Gasteiger partial charge in [-0.3, -0.25) is 9.69 Å². The fourth-order valence-electron chi connectivity index (χ4n) is 1.84. The van der Waals surface area contributed by atoms with E-state index in [1.54, 1.807) is 18.9 Å². The third kappa shape index (κ3) is 3.28. The number of carbonyl (C=O) groups is 1. The van der Waals surface area contributed by atoms with E-state index in [-0.39, 0.29) is 5.56 Å². The Bertz CT molecular complexity index is 482. The maximum Gasteiger partial charge on any atom is 0.320 e. The predicted molar refractivity (Wildman–Crippen MR) is 64.3 cm³/mol. The number of halogens is 1. The van der Waals surface area contributed by atoms with Gasteiger partial charge in [-0.25, -0.2) is 4.39 Å². The van der Waals surface area contributed by atoms with E-state index in [9.17, 15) is 9.18 Å². The zero-order valence-electron chi connectivity index (χ0n) is 10.4. The van der Waals surface area contributed by atoms with Crippen molar-refractivity contribution in [3.63, 3.8) is 0 Å². The summed E-state index contributed by atoms with van der Waals surface area (Å²) in [4.78, 5) is 12.6. The third-order valence-electron chi connectivity index (χ3n) is 2.82. The Morgan fingerprint density at radius 1 is 1.61 bits per heavy atom. The minimum atomic E-state index is -0.902. The molecule has 0 heterocycles. The van der Waals surface area contributed by atoms with E-state index in [1.807, 2.05) is 6.07 Å². The summed E-state index contributed by atoms with van der Waals surface area (Å²) in [6, 6.07) is 5.24.